The fourth-order valence-electron chi connectivity index (χ4n) is 1.59. The summed E-state index contributed by atoms with van der Waals surface area (Å²) in [5, 5.41) is 2.65. The molecule has 3 heteroatoms. The van der Waals surface area contributed by atoms with Gasteiger partial charge >= 0.3 is 0 Å². The first-order valence-electron chi connectivity index (χ1n) is 3.57. The minimum Gasteiger partial charge on any atom is -0.346 e. The lowest BCUT2D eigenvalue weighted by molar-refractivity contribution is -0.127. The predicted octanol–water partition coefficient (Wildman–Crippen LogP) is -0.290. The van der Waals surface area contributed by atoms with Gasteiger partial charge in [-0.05, 0) is 18.8 Å². The van der Waals surface area contributed by atoms with Gasteiger partial charge in [-0.3, -0.25) is 4.79 Å². The number of carbonyl (C=O) groups excluding carboxylic acids is 2. The van der Waals surface area contributed by atoms with Gasteiger partial charge < -0.3 is 10.1 Å². The minimum absolute atomic E-state index is 0.0772. The van der Waals surface area contributed by atoms with Crippen molar-refractivity contribution in [1.82, 2.24) is 5.32 Å². The third kappa shape index (κ3) is 0.735. The Bertz CT molecular complexity index is 190. The predicted molar refractivity (Wildman–Crippen MR) is 34.2 cm³/mol. The topological polar surface area (TPSA) is 46.2 Å². The van der Waals surface area contributed by atoms with Crippen LogP contribution in [0.1, 0.15) is 12.8 Å². The first kappa shape index (κ1) is 5.89. The van der Waals surface area contributed by atoms with Gasteiger partial charge in [-0.2, -0.15) is 0 Å². The average Bonchev–Trinajstić information content (AvgIpc) is 2.66. The summed E-state index contributed by atoms with van der Waals surface area (Å²) in [6.45, 7) is 0. The number of hydrogen-bond donors (Lipinski definition) is 1. The monoisotopic (exact) mass is 139 g/mol. The first-order valence-corrected chi connectivity index (χ1v) is 3.57. The Morgan fingerprint density at radius 3 is 2.90 bits per heavy atom. The summed E-state index contributed by atoms with van der Waals surface area (Å²) in [5.41, 5.74) is 0. The van der Waals surface area contributed by atoms with Crippen LogP contribution in [-0.4, -0.2) is 18.2 Å². The van der Waals surface area contributed by atoms with Gasteiger partial charge in [0.25, 0.3) is 0 Å². The fraction of sp³-hybridized carbons (Fsp3) is 0.714. The number of piperidine rings is 1. The van der Waals surface area contributed by atoms with Crippen molar-refractivity contribution in [2.24, 2.45) is 11.8 Å². The van der Waals surface area contributed by atoms with Crippen LogP contribution in [0.15, 0.2) is 0 Å². The van der Waals surface area contributed by atoms with Gasteiger partial charge in [0, 0.05) is 5.92 Å². The molecular weight excluding hydrogens is 130 g/mol. The van der Waals surface area contributed by atoms with Crippen LogP contribution in [0.2, 0.25) is 0 Å². The number of rotatable bonds is 1. The molecule has 2 fully saturated rings. The summed E-state index contributed by atoms with van der Waals surface area (Å²) < 4.78 is 0. The molecule has 54 valence electrons. The molecule has 1 saturated carbocycles. The molecule has 0 aromatic carbocycles. The summed E-state index contributed by atoms with van der Waals surface area (Å²) in [7, 11) is 0. The zero-order chi connectivity index (χ0) is 7.14. The molecule has 1 amide bonds. The van der Waals surface area contributed by atoms with E-state index in [2.05, 4.69) is 5.32 Å². The molecule has 1 N–H and O–H groups in total. The smallest absolute Gasteiger partial charge is 0.223 e. The zero-order valence-electron chi connectivity index (χ0n) is 5.54. The van der Waals surface area contributed by atoms with Crippen molar-refractivity contribution in [3.63, 3.8) is 0 Å². The molecule has 10 heavy (non-hydrogen) atoms. The SMILES string of the molecule is O=C[C@@H]1C[C@H]2C[C@H]2C(=O)N1. The van der Waals surface area contributed by atoms with E-state index in [4.69, 9.17) is 0 Å². The Morgan fingerprint density at radius 2 is 2.30 bits per heavy atom. The Kier molecular flexibility index (Phi) is 1.07. The van der Waals surface area contributed by atoms with Crippen molar-refractivity contribution in [3.8, 4) is 0 Å². The van der Waals surface area contributed by atoms with Crippen LogP contribution in [0.4, 0.5) is 0 Å². The molecule has 1 aliphatic carbocycles. The lowest BCUT2D eigenvalue weighted by atomic mass is 10.1. The van der Waals surface area contributed by atoms with Crippen molar-refractivity contribution in [3.05, 3.63) is 0 Å². The summed E-state index contributed by atoms with van der Waals surface area (Å²) in [6, 6.07) is -0.198. The molecule has 2 aliphatic rings. The van der Waals surface area contributed by atoms with E-state index < -0.39 is 0 Å². The van der Waals surface area contributed by atoms with Crippen LogP contribution >= 0.6 is 0 Å². The molecule has 0 aromatic heterocycles. The summed E-state index contributed by atoms with van der Waals surface area (Å²) in [6.07, 6.45) is 2.68. The maximum absolute atomic E-state index is 10.9. The van der Waals surface area contributed by atoms with E-state index >= 15 is 0 Å². The van der Waals surface area contributed by atoms with E-state index in [1.807, 2.05) is 0 Å². The summed E-state index contributed by atoms with van der Waals surface area (Å²) in [4.78, 5) is 21.2. The summed E-state index contributed by atoms with van der Waals surface area (Å²) in [5.74, 6) is 0.841. The highest BCUT2D eigenvalue weighted by molar-refractivity contribution is 5.85. The van der Waals surface area contributed by atoms with Crippen LogP contribution in [0, 0.1) is 11.8 Å². The number of aldehydes is 1. The normalized spacial score (nSPS) is 43.6. The molecule has 1 saturated heterocycles. The van der Waals surface area contributed by atoms with Crippen molar-refractivity contribution in [1.29, 1.82) is 0 Å². The van der Waals surface area contributed by atoms with Gasteiger partial charge in [0.05, 0.1) is 6.04 Å². The van der Waals surface area contributed by atoms with E-state index in [1.165, 1.54) is 0 Å². The highest BCUT2D eigenvalue weighted by atomic mass is 16.2. The highest BCUT2D eigenvalue weighted by Crippen LogP contribution is 2.44. The molecule has 0 bridgehead atoms. The molecule has 1 heterocycles. The van der Waals surface area contributed by atoms with E-state index in [9.17, 15) is 9.59 Å². The zero-order valence-corrected chi connectivity index (χ0v) is 5.54. The van der Waals surface area contributed by atoms with Crippen molar-refractivity contribution in [2.75, 3.05) is 0 Å². The highest BCUT2D eigenvalue weighted by Gasteiger charge is 2.47. The van der Waals surface area contributed by atoms with Crippen molar-refractivity contribution >= 4 is 12.2 Å². The third-order valence-electron chi connectivity index (χ3n) is 2.31. The molecule has 3 atom stereocenters. The van der Waals surface area contributed by atoms with E-state index in [0.29, 0.717) is 5.92 Å². The van der Waals surface area contributed by atoms with Crippen molar-refractivity contribution in [2.45, 2.75) is 18.9 Å². The number of fused-ring (bicyclic) bond motifs is 1. The van der Waals surface area contributed by atoms with E-state index in [1.54, 1.807) is 0 Å². The number of hydrogen-bond acceptors (Lipinski definition) is 2. The van der Waals surface area contributed by atoms with Gasteiger partial charge in [0.2, 0.25) is 5.91 Å². The lowest BCUT2D eigenvalue weighted by Gasteiger charge is -2.16. The maximum atomic E-state index is 10.9. The standard InChI is InChI=1S/C7H9NO2/c9-3-5-1-4-2-6(4)7(10)8-5/h3-6H,1-2H2,(H,8,10)/t4-,5-,6+/m0/s1. The lowest BCUT2D eigenvalue weighted by Crippen LogP contribution is -2.41. The molecule has 0 radical (unpaired) electrons. The second kappa shape index (κ2) is 1.81. The number of nitrogens with one attached hydrogen (secondary N) is 1. The second-order valence-electron chi connectivity index (χ2n) is 3.09. The fourth-order valence-corrected chi connectivity index (χ4v) is 1.59. The maximum Gasteiger partial charge on any atom is 0.223 e. The van der Waals surface area contributed by atoms with Gasteiger partial charge in [-0.15, -0.1) is 0 Å². The van der Waals surface area contributed by atoms with E-state index in [0.717, 1.165) is 19.1 Å². The minimum atomic E-state index is -0.198. The van der Waals surface area contributed by atoms with Crippen LogP contribution in [0.25, 0.3) is 0 Å². The van der Waals surface area contributed by atoms with Crippen LogP contribution in [0.5, 0.6) is 0 Å². The third-order valence-corrected chi connectivity index (χ3v) is 2.31. The second-order valence-corrected chi connectivity index (χ2v) is 3.09. The molecule has 0 spiro atoms. The van der Waals surface area contributed by atoms with Crippen molar-refractivity contribution < 1.29 is 9.59 Å². The Morgan fingerprint density at radius 1 is 1.50 bits per heavy atom. The Balaban J connectivity index is 2.05. The number of amides is 1. The van der Waals surface area contributed by atoms with Crippen LogP contribution < -0.4 is 5.32 Å². The van der Waals surface area contributed by atoms with Gasteiger partial charge in [-0.1, -0.05) is 0 Å². The Labute approximate surface area is 58.8 Å². The number of carbonyl (C=O) groups is 2. The van der Waals surface area contributed by atoms with E-state index in [-0.39, 0.29) is 17.9 Å². The molecule has 1 aliphatic heterocycles. The first-order chi connectivity index (χ1) is 4.81. The van der Waals surface area contributed by atoms with Gasteiger partial charge in [0.1, 0.15) is 6.29 Å². The summed E-state index contributed by atoms with van der Waals surface area (Å²) >= 11 is 0. The molecule has 2 rings (SSSR count). The molecule has 0 unspecified atom stereocenters. The quantitative estimate of drug-likeness (QED) is 0.507. The van der Waals surface area contributed by atoms with Gasteiger partial charge in [0.15, 0.2) is 0 Å². The van der Waals surface area contributed by atoms with Crippen LogP contribution in [-0.2, 0) is 9.59 Å². The Hall–Kier alpha value is -0.860. The molecule has 0 aromatic rings. The van der Waals surface area contributed by atoms with Gasteiger partial charge in [-0.25, -0.2) is 0 Å². The van der Waals surface area contributed by atoms with Crippen LogP contribution in [0.3, 0.4) is 0 Å². The molecular formula is C7H9NO2. The average molecular weight is 139 g/mol. The largest absolute Gasteiger partial charge is 0.346 e. The molecule has 3 nitrogen and oxygen atoms in total.